The molecule has 3 N–H and O–H groups in total. The van der Waals surface area contributed by atoms with Gasteiger partial charge in [0.2, 0.25) is 0 Å². The molecular weight excluding hydrogens is 256 g/mol. The number of nitrogens with two attached hydrogens (primary N) is 1. The van der Waals surface area contributed by atoms with Crippen molar-refractivity contribution in [3.05, 3.63) is 23.7 Å². The molecule has 1 fully saturated rings. The molecule has 0 bridgehead atoms. The second kappa shape index (κ2) is 8.07. The second-order valence-electron chi connectivity index (χ2n) is 5.25. The molecule has 0 saturated heterocycles. The molecule has 1 saturated carbocycles. The predicted octanol–water partition coefficient (Wildman–Crippen LogP) is 2.21. The van der Waals surface area contributed by atoms with Crippen LogP contribution in [0.2, 0.25) is 0 Å². The van der Waals surface area contributed by atoms with Crippen LogP contribution in [0.15, 0.2) is 16.7 Å². The molecule has 1 aromatic rings. The molecule has 0 spiro atoms. The van der Waals surface area contributed by atoms with Gasteiger partial charge in [0.25, 0.3) is 5.91 Å². The first-order valence-corrected chi connectivity index (χ1v) is 7.47. The Balaban J connectivity index is 1.63. The van der Waals surface area contributed by atoms with Crippen LogP contribution in [0.3, 0.4) is 0 Å². The van der Waals surface area contributed by atoms with E-state index in [-0.39, 0.29) is 5.91 Å². The fourth-order valence-electron chi connectivity index (χ4n) is 2.51. The number of nitrogens with one attached hydrogen (secondary N) is 1. The smallest absolute Gasteiger partial charge is 0.254 e. The van der Waals surface area contributed by atoms with Gasteiger partial charge in [0.1, 0.15) is 12.0 Å². The third-order valence-electron chi connectivity index (χ3n) is 3.66. The minimum absolute atomic E-state index is 0.141. The first-order chi connectivity index (χ1) is 9.79. The number of amides is 1. The van der Waals surface area contributed by atoms with Crippen molar-refractivity contribution in [1.29, 1.82) is 0 Å². The Hall–Kier alpha value is -1.33. The molecule has 1 aliphatic rings. The van der Waals surface area contributed by atoms with Gasteiger partial charge < -0.3 is 20.2 Å². The summed E-state index contributed by atoms with van der Waals surface area (Å²) in [5, 5.41) is 2.83. The molecule has 20 heavy (non-hydrogen) atoms. The highest BCUT2D eigenvalue weighted by Gasteiger charge is 2.13. The molecule has 1 aliphatic carbocycles. The summed E-state index contributed by atoms with van der Waals surface area (Å²) in [4.78, 5) is 11.8. The zero-order valence-corrected chi connectivity index (χ0v) is 11.9. The molecule has 0 unspecified atom stereocenters. The molecular formula is C15H24N2O3. The second-order valence-corrected chi connectivity index (χ2v) is 5.25. The van der Waals surface area contributed by atoms with Crippen molar-refractivity contribution >= 4 is 5.91 Å². The lowest BCUT2D eigenvalue weighted by Crippen LogP contribution is -2.28. The normalized spacial score (nSPS) is 16.9. The molecule has 0 atom stereocenters. The van der Waals surface area contributed by atoms with Gasteiger partial charge in [-0.2, -0.15) is 0 Å². The Labute approximate surface area is 119 Å². The number of carbonyl (C=O) groups excluding carboxylic acids is 1. The molecule has 0 aliphatic heterocycles. The van der Waals surface area contributed by atoms with Crippen molar-refractivity contribution in [1.82, 2.24) is 5.32 Å². The maximum Gasteiger partial charge on any atom is 0.254 e. The number of hydrogen-bond acceptors (Lipinski definition) is 4. The van der Waals surface area contributed by atoms with Crippen LogP contribution >= 0.6 is 0 Å². The SMILES string of the molecule is NCc1cc(C(=O)NCCOC2CCCCCC2)co1. The fourth-order valence-corrected chi connectivity index (χ4v) is 2.51. The van der Waals surface area contributed by atoms with Gasteiger partial charge in [-0.15, -0.1) is 0 Å². The van der Waals surface area contributed by atoms with Crippen molar-refractivity contribution in [2.45, 2.75) is 51.2 Å². The number of carbonyl (C=O) groups is 1. The molecule has 0 radical (unpaired) electrons. The van der Waals surface area contributed by atoms with Crippen LogP contribution in [-0.4, -0.2) is 25.2 Å². The van der Waals surface area contributed by atoms with Gasteiger partial charge in [0, 0.05) is 6.54 Å². The monoisotopic (exact) mass is 280 g/mol. The third-order valence-corrected chi connectivity index (χ3v) is 3.66. The van der Waals surface area contributed by atoms with Crippen LogP contribution in [0.25, 0.3) is 0 Å². The fraction of sp³-hybridized carbons (Fsp3) is 0.667. The summed E-state index contributed by atoms with van der Waals surface area (Å²) >= 11 is 0. The van der Waals surface area contributed by atoms with E-state index in [0.29, 0.717) is 37.1 Å². The van der Waals surface area contributed by atoms with Gasteiger partial charge in [0.15, 0.2) is 0 Å². The summed E-state index contributed by atoms with van der Waals surface area (Å²) in [5.41, 5.74) is 5.95. The van der Waals surface area contributed by atoms with Gasteiger partial charge >= 0.3 is 0 Å². The van der Waals surface area contributed by atoms with Gasteiger partial charge in [-0.25, -0.2) is 0 Å². The van der Waals surface area contributed by atoms with E-state index in [9.17, 15) is 4.79 Å². The molecule has 1 aromatic heterocycles. The summed E-state index contributed by atoms with van der Waals surface area (Å²) in [7, 11) is 0. The summed E-state index contributed by atoms with van der Waals surface area (Å²) < 4.78 is 11.0. The van der Waals surface area contributed by atoms with E-state index in [1.807, 2.05) is 0 Å². The summed E-state index contributed by atoms with van der Waals surface area (Å²) in [6, 6.07) is 1.67. The summed E-state index contributed by atoms with van der Waals surface area (Å²) in [5.74, 6) is 0.475. The van der Waals surface area contributed by atoms with Gasteiger partial charge in [-0.1, -0.05) is 25.7 Å². The number of furan rings is 1. The average Bonchev–Trinajstić information content (AvgIpc) is 2.80. The van der Waals surface area contributed by atoms with Crippen LogP contribution in [-0.2, 0) is 11.3 Å². The van der Waals surface area contributed by atoms with E-state index in [2.05, 4.69) is 5.32 Å². The molecule has 1 heterocycles. The van der Waals surface area contributed by atoms with Crippen molar-refractivity contribution in [2.75, 3.05) is 13.2 Å². The topological polar surface area (TPSA) is 77.5 Å². The number of ether oxygens (including phenoxy) is 1. The average molecular weight is 280 g/mol. The summed E-state index contributed by atoms with van der Waals surface area (Å²) in [6.07, 6.45) is 9.25. The van der Waals surface area contributed by atoms with Crippen LogP contribution < -0.4 is 11.1 Å². The minimum Gasteiger partial charge on any atom is -0.467 e. The first kappa shape index (κ1) is 15.1. The maximum atomic E-state index is 11.8. The quantitative estimate of drug-likeness (QED) is 0.618. The van der Waals surface area contributed by atoms with E-state index >= 15 is 0 Å². The highest BCUT2D eigenvalue weighted by molar-refractivity contribution is 5.93. The minimum atomic E-state index is -0.141. The van der Waals surface area contributed by atoms with Crippen LogP contribution in [0.5, 0.6) is 0 Å². The van der Waals surface area contributed by atoms with E-state index < -0.39 is 0 Å². The zero-order chi connectivity index (χ0) is 14.2. The molecule has 0 aromatic carbocycles. The largest absolute Gasteiger partial charge is 0.467 e. The van der Waals surface area contributed by atoms with Crippen LogP contribution in [0.1, 0.15) is 54.6 Å². The van der Waals surface area contributed by atoms with E-state index in [4.69, 9.17) is 14.9 Å². The van der Waals surface area contributed by atoms with Gasteiger partial charge in [-0.3, -0.25) is 4.79 Å². The highest BCUT2D eigenvalue weighted by atomic mass is 16.5. The molecule has 5 nitrogen and oxygen atoms in total. The first-order valence-electron chi connectivity index (χ1n) is 7.47. The Bertz CT molecular complexity index is 409. The van der Waals surface area contributed by atoms with Crippen molar-refractivity contribution in [3.8, 4) is 0 Å². The lowest BCUT2D eigenvalue weighted by Gasteiger charge is -2.15. The van der Waals surface area contributed by atoms with E-state index in [1.165, 1.54) is 31.9 Å². The van der Waals surface area contributed by atoms with Crippen LogP contribution in [0.4, 0.5) is 0 Å². The third kappa shape index (κ3) is 4.65. The Morgan fingerprint density at radius 2 is 2.10 bits per heavy atom. The summed E-state index contributed by atoms with van der Waals surface area (Å²) in [6.45, 7) is 1.40. The number of hydrogen-bond donors (Lipinski definition) is 2. The van der Waals surface area contributed by atoms with E-state index in [0.717, 1.165) is 12.8 Å². The maximum absolute atomic E-state index is 11.8. The van der Waals surface area contributed by atoms with Crippen molar-refractivity contribution in [3.63, 3.8) is 0 Å². The lowest BCUT2D eigenvalue weighted by molar-refractivity contribution is 0.0441. The van der Waals surface area contributed by atoms with Gasteiger partial charge in [-0.05, 0) is 18.9 Å². The molecule has 2 rings (SSSR count). The van der Waals surface area contributed by atoms with Crippen LogP contribution in [0, 0.1) is 0 Å². The van der Waals surface area contributed by atoms with Crippen molar-refractivity contribution < 1.29 is 13.9 Å². The predicted molar refractivity (Wildman–Crippen MR) is 76.4 cm³/mol. The molecule has 112 valence electrons. The van der Waals surface area contributed by atoms with Gasteiger partial charge in [0.05, 0.1) is 24.8 Å². The Morgan fingerprint density at radius 3 is 2.75 bits per heavy atom. The van der Waals surface area contributed by atoms with Crippen molar-refractivity contribution in [2.24, 2.45) is 5.73 Å². The molecule has 5 heteroatoms. The van der Waals surface area contributed by atoms with E-state index in [1.54, 1.807) is 6.07 Å². The Kier molecular flexibility index (Phi) is 6.08. The zero-order valence-electron chi connectivity index (χ0n) is 11.9. The standard InChI is InChI=1S/C15H24N2O3/c16-10-14-9-12(11-20-14)15(18)17-7-8-19-13-5-3-1-2-4-6-13/h9,11,13H,1-8,10,16H2,(H,17,18). The highest BCUT2D eigenvalue weighted by Crippen LogP contribution is 2.19. The number of rotatable bonds is 6. The molecule has 1 amide bonds. The lowest BCUT2D eigenvalue weighted by atomic mass is 10.1. The Morgan fingerprint density at radius 1 is 1.35 bits per heavy atom.